The number of aromatic nitrogens is 2. The number of anilines is 1. The molecule has 0 atom stereocenters. The number of ether oxygens (including phenoxy) is 1. The van der Waals surface area contributed by atoms with E-state index < -0.39 is 15.8 Å². The molecule has 1 N–H and O–H groups in total. The van der Waals surface area contributed by atoms with Gasteiger partial charge >= 0.3 is 5.97 Å². The zero-order valence-corrected chi connectivity index (χ0v) is 19.1. The quantitative estimate of drug-likeness (QED) is 0.630. The second-order valence-corrected chi connectivity index (χ2v) is 10.6. The summed E-state index contributed by atoms with van der Waals surface area (Å²) in [6.45, 7) is 1.83. The lowest BCUT2D eigenvalue weighted by atomic mass is 9.96. The Hall–Kier alpha value is -2.52. The summed E-state index contributed by atoms with van der Waals surface area (Å²) in [7, 11) is -1.55. The molecule has 1 fully saturated rings. The fourth-order valence-corrected chi connectivity index (χ4v) is 6.06. The molecule has 2 aliphatic heterocycles. The summed E-state index contributed by atoms with van der Waals surface area (Å²) >= 11 is 0. The standard InChI is InChI=1S/C23H29N3O5S/c1-31-12-2-5-19-15-24-21(22(25-19)26-10-8-16(9-11-26)23(27)28)18-6-7-20-17(14-18)4-3-13-32(20,29)30/h6-7,14-16H,2-5,8-13H2,1H3,(H,27,28). The highest BCUT2D eigenvalue weighted by Crippen LogP contribution is 2.34. The van der Waals surface area contributed by atoms with E-state index in [2.05, 4.69) is 4.90 Å². The molecule has 32 heavy (non-hydrogen) atoms. The smallest absolute Gasteiger partial charge is 0.306 e. The van der Waals surface area contributed by atoms with Gasteiger partial charge in [0.1, 0.15) is 5.69 Å². The largest absolute Gasteiger partial charge is 0.481 e. The lowest BCUT2D eigenvalue weighted by Gasteiger charge is -2.32. The number of nitrogens with zero attached hydrogens (tertiary/aromatic N) is 3. The predicted octanol–water partition coefficient (Wildman–Crippen LogP) is 2.74. The zero-order chi connectivity index (χ0) is 22.7. The molecule has 0 spiro atoms. The molecular formula is C23H29N3O5S. The highest BCUT2D eigenvalue weighted by Gasteiger charge is 2.28. The van der Waals surface area contributed by atoms with E-state index in [1.54, 1.807) is 19.4 Å². The third-order valence-corrected chi connectivity index (χ3v) is 8.15. The number of carboxylic acids is 1. The number of aliphatic carboxylic acids is 1. The molecule has 4 rings (SSSR count). The van der Waals surface area contributed by atoms with Gasteiger partial charge in [0.25, 0.3) is 0 Å². The van der Waals surface area contributed by atoms with Crippen LogP contribution in [-0.4, -0.2) is 62.0 Å². The molecule has 0 radical (unpaired) electrons. The minimum atomic E-state index is -3.22. The van der Waals surface area contributed by atoms with Crippen molar-refractivity contribution in [3.05, 3.63) is 35.7 Å². The van der Waals surface area contributed by atoms with Gasteiger partial charge in [0, 0.05) is 38.6 Å². The van der Waals surface area contributed by atoms with E-state index >= 15 is 0 Å². The van der Waals surface area contributed by atoms with Crippen molar-refractivity contribution >= 4 is 21.6 Å². The van der Waals surface area contributed by atoms with Crippen LogP contribution in [0.2, 0.25) is 0 Å². The van der Waals surface area contributed by atoms with E-state index in [9.17, 15) is 18.3 Å². The van der Waals surface area contributed by atoms with Gasteiger partial charge in [0.15, 0.2) is 15.7 Å². The molecule has 8 nitrogen and oxygen atoms in total. The summed E-state index contributed by atoms with van der Waals surface area (Å²) in [6, 6.07) is 5.42. The van der Waals surface area contributed by atoms with Crippen molar-refractivity contribution in [1.82, 2.24) is 9.97 Å². The van der Waals surface area contributed by atoms with E-state index in [1.165, 1.54) is 0 Å². The van der Waals surface area contributed by atoms with Crippen LogP contribution in [-0.2, 0) is 32.2 Å². The summed E-state index contributed by atoms with van der Waals surface area (Å²) in [5, 5.41) is 9.34. The van der Waals surface area contributed by atoms with Crippen LogP contribution in [0.5, 0.6) is 0 Å². The molecule has 172 valence electrons. The van der Waals surface area contributed by atoms with Gasteiger partial charge in [-0.25, -0.2) is 13.4 Å². The fourth-order valence-electron chi connectivity index (χ4n) is 4.48. The topological polar surface area (TPSA) is 110 Å². The van der Waals surface area contributed by atoms with E-state index in [4.69, 9.17) is 14.7 Å². The monoisotopic (exact) mass is 459 g/mol. The maximum Gasteiger partial charge on any atom is 0.306 e. The number of carboxylic acid groups (broad SMARTS) is 1. The van der Waals surface area contributed by atoms with Gasteiger partial charge in [-0.15, -0.1) is 0 Å². The Labute approximate surface area is 188 Å². The average molecular weight is 460 g/mol. The number of fused-ring (bicyclic) bond motifs is 1. The number of carbonyl (C=O) groups is 1. The fraction of sp³-hybridized carbons (Fsp3) is 0.522. The molecule has 2 aliphatic rings. The van der Waals surface area contributed by atoms with E-state index in [1.807, 2.05) is 12.1 Å². The van der Waals surface area contributed by atoms with Crippen molar-refractivity contribution < 1.29 is 23.1 Å². The van der Waals surface area contributed by atoms with Crippen LogP contribution < -0.4 is 4.90 Å². The summed E-state index contributed by atoms with van der Waals surface area (Å²) < 4.78 is 29.9. The van der Waals surface area contributed by atoms with Crippen molar-refractivity contribution in [2.75, 3.05) is 37.5 Å². The van der Waals surface area contributed by atoms with Crippen molar-refractivity contribution in [3.63, 3.8) is 0 Å². The summed E-state index contributed by atoms with van der Waals surface area (Å²) in [5.41, 5.74) is 3.24. The van der Waals surface area contributed by atoms with Crippen molar-refractivity contribution in [2.24, 2.45) is 5.92 Å². The molecule has 3 heterocycles. The van der Waals surface area contributed by atoms with Crippen LogP contribution in [0, 0.1) is 5.92 Å². The van der Waals surface area contributed by atoms with E-state index in [0.717, 1.165) is 41.9 Å². The zero-order valence-electron chi connectivity index (χ0n) is 18.3. The molecule has 2 aromatic rings. The van der Waals surface area contributed by atoms with Gasteiger partial charge in [-0.05, 0) is 56.2 Å². The number of rotatable bonds is 7. The third kappa shape index (κ3) is 4.78. The van der Waals surface area contributed by atoms with Crippen LogP contribution in [0.1, 0.15) is 36.9 Å². The Balaban J connectivity index is 1.69. The van der Waals surface area contributed by atoms with Crippen LogP contribution in [0.15, 0.2) is 29.3 Å². The molecule has 1 saturated heterocycles. The Bertz CT molecular complexity index is 1090. The van der Waals surface area contributed by atoms with Crippen molar-refractivity contribution in [1.29, 1.82) is 0 Å². The lowest BCUT2D eigenvalue weighted by Crippen LogP contribution is -2.37. The summed E-state index contributed by atoms with van der Waals surface area (Å²) in [6.07, 6.45) is 5.82. The van der Waals surface area contributed by atoms with Gasteiger partial charge in [-0.1, -0.05) is 6.07 Å². The Morgan fingerprint density at radius 3 is 2.78 bits per heavy atom. The maximum atomic E-state index is 12.4. The minimum absolute atomic E-state index is 0.194. The van der Waals surface area contributed by atoms with Gasteiger partial charge in [0.05, 0.1) is 22.3 Å². The van der Waals surface area contributed by atoms with Crippen LogP contribution >= 0.6 is 0 Å². The third-order valence-electron chi connectivity index (χ3n) is 6.26. The molecule has 0 saturated carbocycles. The normalized spacial score (nSPS) is 18.3. The maximum absolute atomic E-state index is 12.4. The summed E-state index contributed by atoms with van der Waals surface area (Å²) in [4.78, 5) is 23.5. The molecule has 9 heteroatoms. The second kappa shape index (κ2) is 9.54. The molecular weight excluding hydrogens is 430 g/mol. The molecule has 0 unspecified atom stereocenters. The Morgan fingerprint density at radius 1 is 1.28 bits per heavy atom. The number of hydrogen-bond donors (Lipinski definition) is 1. The Kier molecular flexibility index (Phi) is 6.76. The number of aryl methyl sites for hydroxylation is 2. The highest BCUT2D eigenvalue weighted by atomic mass is 32.2. The first-order chi connectivity index (χ1) is 15.4. The van der Waals surface area contributed by atoms with Gasteiger partial charge in [0.2, 0.25) is 0 Å². The average Bonchev–Trinajstić information content (AvgIpc) is 2.79. The molecule has 0 amide bonds. The number of hydrogen-bond acceptors (Lipinski definition) is 7. The minimum Gasteiger partial charge on any atom is -0.481 e. The van der Waals surface area contributed by atoms with Crippen LogP contribution in [0.3, 0.4) is 0 Å². The SMILES string of the molecule is COCCCc1cnc(-c2ccc3c(c2)CCCS3(=O)=O)c(N2CCC(C(=O)O)CC2)n1. The van der Waals surface area contributed by atoms with E-state index in [0.29, 0.717) is 49.5 Å². The predicted molar refractivity (Wildman–Crippen MR) is 121 cm³/mol. The van der Waals surface area contributed by atoms with Crippen LogP contribution in [0.4, 0.5) is 5.82 Å². The number of piperidine rings is 1. The highest BCUT2D eigenvalue weighted by molar-refractivity contribution is 7.91. The Morgan fingerprint density at radius 2 is 2.06 bits per heavy atom. The summed E-state index contributed by atoms with van der Waals surface area (Å²) in [5.74, 6) is -0.150. The first kappa shape index (κ1) is 22.7. The number of sulfone groups is 1. The van der Waals surface area contributed by atoms with Crippen LogP contribution in [0.25, 0.3) is 11.3 Å². The van der Waals surface area contributed by atoms with Gasteiger partial charge in [-0.3, -0.25) is 9.78 Å². The van der Waals surface area contributed by atoms with E-state index in [-0.39, 0.29) is 11.7 Å². The van der Waals surface area contributed by atoms with Gasteiger partial charge < -0.3 is 14.7 Å². The number of methoxy groups -OCH3 is 1. The number of benzene rings is 1. The first-order valence-electron chi connectivity index (χ1n) is 11.1. The molecule has 0 aliphatic carbocycles. The lowest BCUT2D eigenvalue weighted by molar-refractivity contribution is -0.142. The first-order valence-corrected chi connectivity index (χ1v) is 12.7. The molecule has 1 aromatic heterocycles. The molecule has 0 bridgehead atoms. The molecule has 1 aromatic carbocycles. The second-order valence-electron chi connectivity index (χ2n) is 8.47. The van der Waals surface area contributed by atoms with Crippen molar-refractivity contribution in [2.45, 2.75) is 43.4 Å². The van der Waals surface area contributed by atoms with Gasteiger partial charge in [-0.2, -0.15) is 0 Å². The van der Waals surface area contributed by atoms with Crippen molar-refractivity contribution in [3.8, 4) is 11.3 Å².